The first-order valence-corrected chi connectivity index (χ1v) is 7.13. The fourth-order valence-electron chi connectivity index (χ4n) is 1.71. The first-order chi connectivity index (χ1) is 9.90. The molecule has 0 unspecified atom stereocenters. The van der Waals surface area contributed by atoms with E-state index < -0.39 is 0 Å². The Morgan fingerprint density at radius 2 is 1.82 bits per heavy atom. The molecule has 0 aliphatic rings. The van der Waals surface area contributed by atoms with E-state index in [4.69, 9.17) is 9.47 Å². The van der Waals surface area contributed by atoms with Crippen LogP contribution in [0, 0.1) is 0 Å². The first kappa shape index (κ1) is 20.7. The Kier molecular flexibility index (Phi) is 9.81. The fraction of sp³-hybridized carbons (Fsp3) is 0.562. The number of carbonyl (C=O) groups excluding carboxylic acids is 1. The molecule has 0 spiro atoms. The quantitative estimate of drug-likeness (QED) is 0.717. The topological polar surface area (TPSA) is 59.6 Å². The van der Waals surface area contributed by atoms with Crippen LogP contribution < -0.4 is 15.4 Å². The molecule has 126 valence electrons. The number of carbonyl (C=O) groups is 1. The maximum Gasteiger partial charge on any atom is 0.258 e. The summed E-state index contributed by atoms with van der Waals surface area (Å²) in [5.41, 5.74) is 0.927. The lowest BCUT2D eigenvalue weighted by atomic mass is 10.1. The molecule has 0 radical (unpaired) electrons. The van der Waals surface area contributed by atoms with Crippen LogP contribution >= 0.6 is 12.4 Å². The van der Waals surface area contributed by atoms with Crippen LogP contribution in [-0.2, 0) is 16.1 Å². The maximum atomic E-state index is 11.6. The molecule has 0 heterocycles. The summed E-state index contributed by atoms with van der Waals surface area (Å²) in [7, 11) is 1.68. The average molecular weight is 331 g/mol. The molecule has 0 aliphatic heterocycles. The van der Waals surface area contributed by atoms with Gasteiger partial charge in [0.1, 0.15) is 5.75 Å². The first-order valence-electron chi connectivity index (χ1n) is 7.13. The summed E-state index contributed by atoms with van der Waals surface area (Å²) in [6, 6.07) is 7.71. The molecule has 0 atom stereocenters. The Balaban J connectivity index is 0.00000441. The van der Waals surface area contributed by atoms with E-state index in [9.17, 15) is 4.79 Å². The van der Waals surface area contributed by atoms with Crippen molar-refractivity contribution < 1.29 is 14.3 Å². The van der Waals surface area contributed by atoms with E-state index in [-0.39, 0.29) is 30.5 Å². The summed E-state index contributed by atoms with van der Waals surface area (Å²) >= 11 is 0. The molecule has 0 aromatic heterocycles. The number of methoxy groups -OCH3 is 1. The molecule has 1 amide bonds. The second-order valence-corrected chi connectivity index (χ2v) is 5.90. The SMILES string of the molecule is COCCNCc1ccc(OCC(=O)NC(C)(C)C)cc1.Cl. The number of halogens is 1. The molecule has 0 fully saturated rings. The molecule has 1 rings (SSSR count). The molecule has 0 bridgehead atoms. The number of rotatable bonds is 8. The Labute approximate surface area is 139 Å². The number of hydrogen-bond acceptors (Lipinski definition) is 4. The molecule has 0 aliphatic carbocycles. The van der Waals surface area contributed by atoms with Gasteiger partial charge in [-0.1, -0.05) is 12.1 Å². The minimum Gasteiger partial charge on any atom is -0.484 e. The van der Waals surface area contributed by atoms with Crippen molar-refractivity contribution >= 4 is 18.3 Å². The number of ether oxygens (including phenoxy) is 2. The summed E-state index contributed by atoms with van der Waals surface area (Å²) in [4.78, 5) is 11.6. The summed E-state index contributed by atoms with van der Waals surface area (Å²) in [6.45, 7) is 8.16. The smallest absolute Gasteiger partial charge is 0.258 e. The van der Waals surface area contributed by atoms with Gasteiger partial charge in [-0.15, -0.1) is 12.4 Å². The van der Waals surface area contributed by atoms with Crippen molar-refractivity contribution in [2.45, 2.75) is 32.9 Å². The van der Waals surface area contributed by atoms with Crippen molar-refractivity contribution in [3.8, 4) is 5.75 Å². The lowest BCUT2D eigenvalue weighted by molar-refractivity contribution is -0.124. The third-order valence-corrected chi connectivity index (χ3v) is 2.62. The third-order valence-electron chi connectivity index (χ3n) is 2.62. The normalized spacial score (nSPS) is 10.7. The van der Waals surface area contributed by atoms with Gasteiger partial charge in [-0.2, -0.15) is 0 Å². The molecular formula is C16H27ClN2O3. The fourth-order valence-corrected chi connectivity index (χ4v) is 1.71. The monoisotopic (exact) mass is 330 g/mol. The van der Waals surface area contributed by atoms with Gasteiger partial charge < -0.3 is 20.1 Å². The van der Waals surface area contributed by atoms with Crippen molar-refractivity contribution in [3.63, 3.8) is 0 Å². The lowest BCUT2D eigenvalue weighted by Gasteiger charge is -2.20. The molecule has 0 saturated heterocycles. The molecule has 1 aromatic carbocycles. The second kappa shape index (κ2) is 10.4. The maximum absolute atomic E-state index is 11.6. The predicted molar refractivity (Wildman–Crippen MR) is 90.7 cm³/mol. The van der Waals surface area contributed by atoms with Crippen LogP contribution in [0.2, 0.25) is 0 Å². The Morgan fingerprint density at radius 1 is 1.18 bits per heavy atom. The van der Waals surface area contributed by atoms with Gasteiger partial charge in [0.15, 0.2) is 6.61 Å². The van der Waals surface area contributed by atoms with Crippen LogP contribution in [0.15, 0.2) is 24.3 Å². The van der Waals surface area contributed by atoms with Gasteiger partial charge in [-0.25, -0.2) is 0 Å². The third kappa shape index (κ3) is 9.60. The Hall–Kier alpha value is -1.30. The van der Waals surface area contributed by atoms with Crippen molar-refractivity contribution in [1.82, 2.24) is 10.6 Å². The van der Waals surface area contributed by atoms with Crippen LogP contribution in [0.5, 0.6) is 5.75 Å². The highest BCUT2D eigenvalue weighted by molar-refractivity contribution is 5.85. The van der Waals surface area contributed by atoms with Crippen molar-refractivity contribution in [3.05, 3.63) is 29.8 Å². The highest BCUT2D eigenvalue weighted by Gasteiger charge is 2.13. The van der Waals surface area contributed by atoms with E-state index in [1.54, 1.807) is 7.11 Å². The molecule has 6 heteroatoms. The summed E-state index contributed by atoms with van der Waals surface area (Å²) in [6.07, 6.45) is 0. The van der Waals surface area contributed by atoms with Crippen LogP contribution in [0.4, 0.5) is 0 Å². The number of benzene rings is 1. The van der Waals surface area contributed by atoms with E-state index in [1.807, 2.05) is 45.0 Å². The molecule has 0 saturated carbocycles. The Morgan fingerprint density at radius 3 is 2.36 bits per heavy atom. The van der Waals surface area contributed by atoms with E-state index in [1.165, 1.54) is 0 Å². The van der Waals surface area contributed by atoms with Gasteiger partial charge in [0.2, 0.25) is 0 Å². The van der Waals surface area contributed by atoms with Crippen LogP contribution in [0.25, 0.3) is 0 Å². The van der Waals surface area contributed by atoms with E-state index >= 15 is 0 Å². The van der Waals surface area contributed by atoms with Crippen molar-refractivity contribution in [1.29, 1.82) is 0 Å². The van der Waals surface area contributed by atoms with Gasteiger partial charge >= 0.3 is 0 Å². The zero-order valence-electron chi connectivity index (χ0n) is 13.8. The molecule has 5 nitrogen and oxygen atoms in total. The van der Waals surface area contributed by atoms with Gasteiger partial charge in [0.25, 0.3) is 5.91 Å². The predicted octanol–water partition coefficient (Wildman–Crippen LogP) is 2.14. The van der Waals surface area contributed by atoms with Crippen LogP contribution in [0.3, 0.4) is 0 Å². The Bertz CT molecular complexity index is 430. The zero-order valence-corrected chi connectivity index (χ0v) is 14.6. The number of hydrogen-bond donors (Lipinski definition) is 2. The summed E-state index contributed by atoms with van der Waals surface area (Å²) in [5, 5.41) is 6.12. The highest BCUT2D eigenvalue weighted by atomic mass is 35.5. The van der Waals surface area contributed by atoms with Crippen molar-refractivity contribution in [2.24, 2.45) is 0 Å². The second-order valence-electron chi connectivity index (χ2n) is 5.90. The molecule has 1 aromatic rings. The number of amides is 1. The summed E-state index contributed by atoms with van der Waals surface area (Å²) in [5.74, 6) is 0.576. The van der Waals surface area contributed by atoms with E-state index in [2.05, 4.69) is 10.6 Å². The van der Waals surface area contributed by atoms with Gasteiger partial charge in [0.05, 0.1) is 6.61 Å². The highest BCUT2D eigenvalue weighted by Crippen LogP contribution is 2.12. The molecular weight excluding hydrogens is 304 g/mol. The minimum atomic E-state index is -0.238. The zero-order chi connectivity index (χ0) is 15.7. The number of nitrogens with one attached hydrogen (secondary N) is 2. The van der Waals surface area contributed by atoms with E-state index in [0.29, 0.717) is 12.4 Å². The minimum absolute atomic E-state index is 0. The van der Waals surface area contributed by atoms with Gasteiger partial charge in [0, 0.05) is 25.7 Å². The standard InChI is InChI=1S/C16H26N2O3.ClH/c1-16(2,3)18-15(19)12-21-14-7-5-13(6-8-14)11-17-9-10-20-4;/h5-8,17H,9-12H2,1-4H3,(H,18,19);1H. The molecule has 2 N–H and O–H groups in total. The van der Waals surface area contributed by atoms with Crippen molar-refractivity contribution in [2.75, 3.05) is 26.9 Å². The summed E-state index contributed by atoms with van der Waals surface area (Å²) < 4.78 is 10.4. The average Bonchev–Trinajstić information content (AvgIpc) is 2.41. The lowest BCUT2D eigenvalue weighted by Crippen LogP contribution is -2.43. The van der Waals surface area contributed by atoms with Gasteiger partial charge in [-0.3, -0.25) is 4.79 Å². The van der Waals surface area contributed by atoms with Crippen LogP contribution in [0.1, 0.15) is 26.3 Å². The van der Waals surface area contributed by atoms with Crippen LogP contribution in [-0.4, -0.2) is 38.3 Å². The van der Waals surface area contributed by atoms with Gasteiger partial charge in [-0.05, 0) is 38.5 Å². The molecule has 22 heavy (non-hydrogen) atoms. The van der Waals surface area contributed by atoms with E-state index in [0.717, 1.165) is 18.7 Å². The largest absolute Gasteiger partial charge is 0.484 e.